The Kier molecular flexibility index (Phi) is 5.36. The molecule has 0 rings (SSSR count). The van der Waals surface area contributed by atoms with Crippen LogP contribution in [0.25, 0.3) is 0 Å². The number of carbonyl (C=O) groups excluding carboxylic acids is 3. The Morgan fingerprint density at radius 1 is 1.33 bits per heavy atom. The first-order chi connectivity index (χ1) is 6.88. The van der Waals surface area contributed by atoms with Crippen molar-refractivity contribution in [2.75, 3.05) is 20.2 Å². The Balaban J connectivity index is 4.54. The Bertz CT molecular complexity index is 263. The maximum Gasteiger partial charge on any atom is 0.396 e. The molecule has 0 saturated heterocycles. The number of hydrogen-bond acceptors (Lipinski definition) is 4. The van der Waals surface area contributed by atoms with Gasteiger partial charge in [-0.3, -0.25) is 9.59 Å². The van der Waals surface area contributed by atoms with Crippen LogP contribution >= 0.6 is 0 Å². The van der Waals surface area contributed by atoms with Gasteiger partial charge in [0.2, 0.25) is 5.91 Å². The van der Waals surface area contributed by atoms with Gasteiger partial charge < -0.3 is 15.4 Å². The van der Waals surface area contributed by atoms with Crippen molar-refractivity contribution in [1.82, 2.24) is 4.90 Å². The number of nitrogens with zero attached hydrogens (tertiary/aromatic N) is 1. The van der Waals surface area contributed by atoms with Gasteiger partial charge in [-0.1, -0.05) is 13.8 Å². The molecule has 0 bridgehead atoms. The van der Waals surface area contributed by atoms with E-state index < -0.39 is 17.8 Å². The molecule has 6 heteroatoms. The summed E-state index contributed by atoms with van der Waals surface area (Å²) < 4.78 is 4.27. The molecule has 0 aliphatic heterocycles. The molecule has 0 aromatic rings. The number of esters is 1. The number of rotatable bonds is 4. The second-order valence-electron chi connectivity index (χ2n) is 3.54. The Labute approximate surface area is 88.4 Å². The number of carbonyl (C=O) groups is 3. The van der Waals surface area contributed by atoms with Crippen molar-refractivity contribution < 1.29 is 19.1 Å². The number of amides is 2. The first-order valence-electron chi connectivity index (χ1n) is 4.54. The zero-order chi connectivity index (χ0) is 12.0. The van der Waals surface area contributed by atoms with Crippen LogP contribution in [0.4, 0.5) is 0 Å². The van der Waals surface area contributed by atoms with E-state index in [4.69, 9.17) is 5.73 Å². The molecule has 86 valence electrons. The molecule has 0 aliphatic carbocycles. The Hall–Kier alpha value is -1.59. The Morgan fingerprint density at radius 2 is 1.87 bits per heavy atom. The van der Waals surface area contributed by atoms with E-state index in [1.54, 1.807) is 0 Å². The average molecular weight is 216 g/mol. The highest BCUT2D eigenvalue weighted by molar-refractivity contribution is 6.32. The smallest absolute Gasteiger partial charge is 0.396 e. The fourth-order valence-electron chi connectivity index (χ4n) is 1.06. The van der Waals surface area contributed by atoms with Gasteiger partial charge in [0.1, 0.15) is 0 Å². The third-order valence-electron chi connectivity index (χ3n) is 1.58. The molecule has 2 N–H and O–H groups in total. The fourth-order valence-corrected chi connectivity index (χ4v) is 1.06. The van der Waals surface area contributed by atoms with Crippen molar-refractivity contribution in [2.24, 2.45) is 11.7 Å². The molecule has 0 aromatic heterocycles. The van der Waals surface area contributed by atoms with Gasteiger partial charge in [-0.05, 0) is 5.92 Å². The van der Waals surface area contributed by atoms with Crippen molar-refractivity contribution in [3.63, 3.8) is 0 Å². The number of methoxy groups -OCH3 is 1. The van der Waals surface area contributed by atoms with E-state index in [2.05, 4.69) is 4.74 Å². The third-order valence-corrected chi connectivity index (χ3v) is 1.58. The van der Waals surface area contributed by atoms with Crippen LogP contribution in [0.5, 0.6) is 0 Å². The summed E-state index contributed by atoms with van der Waals surface area (Å²) in [5.41, 5.74) is 4.96. The number of primary amides is 1. The van der Waals surface area contributed by atoms with Crippen molar-refractivity contribution >= 4 is 17.8 Å². The maximum absolute atomic E-state index is 11.4. The zero-order valence-electron chi connectivity index (χ0n) is 9.15. The van der Waals surface area contributed by atoms with Crippen LogP contribution in [0, 0.1) is 5.92 Å². The van der Waals surface area contributed by atoms with Crippen molar-refractivity contribution in [3.8, 4) is 0 Å². The summed E-state index contributed by atoms with van der Waals surface area (Å²) in [7, 11) is 1.11. The first kappa shape index (κ1) is 13.4. The van der Waals surface area contributed by atoms with Crippen molar-refractivity contribution in [1.29, 1.82) is 0 Å². The maximum atomic E-state index is 11.4. The monoisotopic (exact) mass is 216 g/mol. The third kappa shape index (κ3) is 4.99. The molecule has 6 nitrogen and oxygen atoms in total. The summed E-state index contributed by atoms with van der Waals surface area (Å²) in [4.78, 5) is 34.1. The quantitative estimate of drug-likeness (QED) is 0.488. The van der Waals surface area contributed by atoms with Crippen molar-refractivity contribution in [2.45, 2.75) is 13.8 Å². The van der Waals surface area contributed by atoms with Gasteiger partial charge in [-0.15, -0.1) is 0 Å². The second-order valence-corrected chi connectivity index (χ2v) is 3.54. The molecule has 0 aliphatic rings. The zero-order valence-corrected chi connectivity index (χ0v) is 9.15. The minimum atomic E-state index is -0.989. The highest BCUT2D eigenvalue weighted by Crippen LogP contribution is 1.99. The van der Waals surface area contributed by atoms with E-state index >= 15 is 0 Å². The van der Waals surface area contributed by atoms with Crippen LogP contribution < -0.4 is 5.73 Å². The summed E-state index contributed by atoms with van der Waals surface area (Å²) in [6, 6.07) is 0. The van der Waals surface area contributed by atoms with E-state index in [1.807, 2.05) is 13.8 Å². The summed E-state index contributed by atoms with van der Waals surface area (Å²) in [6.45, 7) is 3.74. The van der Waals surface area contributed by atoms with Gasteiger partial charge >= 0.3 is 11.9 Å². The first-order valence-corrected chi connectivity index (χ1v) is 4.54. The van der Waals surface area contributed by atoms with E-state index in [1.165, 1.54) is 0 Å². The molecule has 0 saturated carbocycles. The lowest BCUT2D eigenvalue weighted by molar-refractivity contribution is -0.158. The summed E-state index contributed by atoms with van der Waals surface area (Å²) in [5.74, 6) is -2.35. The van der Waals surface area contributed by atoms with Crippen LogP contribution in [0.3, 0.4) is 0 Å². The van der Waals surface area contributed by atoms with Crippen LogP contribution in [-0.2, 0) is 19.1 Å². The molecule has 0 fully saturated rings. The predicted octanol–water partition coefficient (Wildman–Crippen LogP) is -0.871. The lowest BCUT2D eigenvalue weighted by Gasteiger charge is -2.21. The molecule has 2 amide bonds. The molecular formula is C9H16N2O4. The molecular weight excluding hydrogens is 200 g/mol. The van der Waals surface area contributed by atoms with Crippen LogP contribution in [-0.4, -0.2) is 42.9 Å². The van der Waals surface area contributed by atoms with E-state index in [-0.39, 0.29) is 19.0 Å². The standard InChI is InChI=1S/C9H16N2O4/c1-6(2)4-11(5-7(10)12)8(13)9(14)15-3/h6H,4-5H2,1-3H3,(H2,10,12). The molecule has 0 atom stereocenters. The number of hydrogen-bond donors (Lipinski definition) is 1. The van der Waals surface area contributed by atoms with Gasteiger partial charge in [0.05, 0.1) is 13.7 Å². The average Bonchev–Trinajstić information content (AvgIpc) is 2.13. The summed E-state index contributed by atoms with van der Waals surface area (Å²) >= 11 is 0. The lowest BCUT2D eigenvalue weighted by atomic mass is 10.2. The van der Waals surface area contributed by atoms with Gasteiger partial charge in [-0.2, -0.15) is 0 Å². The SMILES string of the molecule is COC(=O)C(=O)N(CC(N)=O)CC(C)C. The molecule has 0 radical (unpaired) electrons. The van der Waals surface area contributed by atoms with Gasteiger partial charge in [0.15, 0.2) is 0 Å². The minimum Gasteiger partial charge on any atom is -0.462 e. The normalized spacial score (nSPS) is 9.87. The molecule has 0 heterocycles. The summed E-state index contributed by atoms with van der Waals surface area (Å²) in [5, 5.41) is 0. The summed E-state index contributed by atoms with van der Waals surface area (Å²) in [6.07, 6.45) is 0. The van der Waals surface area contributed by atoms with Crippen molar-refractivity contribution in [3.05, 3.63) is 0 Å². The molecule has 0 unspecified atom stereocenters. The van der Waals surface area contributed by atoms with Crippen LogP contribution in [0.15, 0.2) is 0 Å². The number of ether oxygens (including phenoxy) is 1. The largest absolute Gasteiger partial charge is 0.462 e. The highest BCUT2D eigenvalue weighted by atomic mass is 16.5. The Morgan fingerprint density at radius 3 is 2.20 bits per heavy atom. The molecule has 15 heavy (non-hydrogen) atoms. The van der Waals surface area contributed by atoms with Gasteiger partial charge in [0.25, 0.3) is 0 Å². The highest BCUT2D eigenvalue weighted by Gasteiger charge is 2.24. The van der Waals surface area contributed by atoms with Crippen LogP contribution in [0.1, 0.15) is 13.8 Å². The number of nitrogens with two attached hydrogens (primary N) is 1. The minimum absolute atomic E-state index is 0.137. The van der Waals surface area contributed by atoms with Gasteiger partial charge in [0, 0.05) is 6.54 Å². The van der Waals surface area contributed by atoms with E-state index in [0.717, 1.165) is 12.0 Å². The van der Waals surface area contributed by atoms with E-state index in [9.17, 15) is 14.4 Å². The molecule has 0 aromatic carbocycles. The predicted molar refractivity (Wildman–Crippen MR) is 52.6 cm³/mol. The van der Waals surface area contributed by atoms with Gasteiger partial charge in [-0.25, -0.2) is 4.79 Å². The van der Waals surface area contributed by atoms with E-state index in [0.29, 0.717) is 0 Å². The topological polar surface area (TPSA) is 89.7 Å². The van der Waals surface area contributed by atoms with Crippen LogP contribution in [0.2, 0.25) is 0 Å². The lowest BCUT2D eigenvalue weighted by Crippen LogP contribution is -2.44. The fraction of sp³-hybridized carbons (Fsp3) is 0.667. The molecule has 0 spiro atoms. The second kappa shape index (κ2) is 6.00.